The Morgan fingerprint density at radius 3 is 2.33 bits per heavy atom. The van der Waals surface area contributed by atoms with Gasteiger partial charge in [-0.05, 0) is 75.1 Å². The Bertz CT molecular complexity index is 1370. The molecule has 4 rings (SSSR count). The Kier molecular flexibility index (Phi) is 8.86. The molecule has 1 atom stereocenters. The van der Waals surface area contributed by atoms with Crippen molar-refractivity contribution in [2.24, 2.45) is 5.92 Å². The Labute approximate surface area is 232 Å². The van der Waals surface area contributed by atoms with Crippen LogP contribution in [0.3, 0.4) is 0 Å². The number of carbonyl (C=O) groups is 2. The van der Waals surface area contributed by atoms with Gasteiger partial charge in [-0.3, -0.25) is 14.5 Å². The van der Waals surface area contributed by atoms with E-state index in [1.165, 1.54) is 16.2 Å². The van der Waals surface area contributed by atoms with Crippen molar-refractivity contribution in [1.29, 1.82) is 0 Å². The van der Waals surface area contributed by atoms with Crippen LogP contribution in [0.2, 0.25) is 0 Å². The third-order valence-corrected chi connectivity index (χ3v) is 6.98. The lowest BCUT2D eigenvalue weighted by Crippen LogP contribution is -2.29. The molecule has 39 heavy (non-hydrogen) atoms. The third-order valence-electron chi connectivity index (χ3n) is 6.14. The van der Waals surface area contributed by atoms with E-state index >= 15 is 0 Å². The molecule has 1 unspecified atom stereocenters. The number of aromatic nitrogens is 2. The van der Waals surface area contributed by atoms with Crippen molar-refractivity contribution in [1.82, 2.24) is 10.2 Å². The van der Waals surface area contributed by atoms with E-state index in [9.17, 15) is 14.7 Å². The van der Waals surface area contributed by atoms with Crippen LogP contribution in [0.5, 0.6) is 17.2 Å². The summed E-state index contributed by atoms with van der Waals surface area (Å²) >= 11 is 1.19. The highest BCUT2D eigenvalue weighted by atomic mass is 32.1. The first-order chi connectivity index (χ1) is 18.7. The zero-order chi connectivity index (χ0) is 28.1. The molecule has 3 aromatic rings. The maximum absolute atomic E-state index is 13.4. The minimum atomic E-state index is -0.951. The van der Waals surface area contributed by atoms with Crippen molar-refractivity contribution in [2.45, 2.75) is 47.1 Å². The van der Waals surface area contributed by atoms with Crippen LogP contribution in [0.15, 0.2) is 48.0 Å². The number of aryl methyl sites for hydroxylation is 1. The smallest absolute Gasteiger partial charge is 0.301 e. The number of carbonyl (C=O) groups excluding carboxylic acids is 2. The second-order valence-electron chi connectivity index (χ2n) is 9.40. The molecule has 0 bridgehead atoms. The molecule has 1 aliphatic rings. The van der Waals surface area contributed by atoms with Crippen molar-refractivity contribution in [3.8, 4) is 17.2 Å². The van der Waals surface area contributed by atoms with E-state index in [2.05, 4.69) is 24.0 Å². The monoisotopic (exact) mass is 551 g/mol. The van der Waals surface area contributed by atoms with Gasteiger partial charge in [-0.25, -0.2) is 0 Å². The maximum atomic E-state index is 13.4. The van der Waals surface area contributed by atoms with Crippen LogP contribution in [0.25, 0.3) is 5.76 Å². The van der Waals surface area contributed by atoms with Crippen molar-refractivity contribution >= 4 is 33.9 Å². The first-order valence-electron chi connectivity index (χ1n) is 13.0. The number of hydrogen-bond acceptors (Lipinski definition) is 9. The van der Waals surface area contributed by atoms with E-state index in [4.69, 9.17) is 14.2 Å². The minimum absolute atomic E-state index is 0.0482. The number of ether oxygens (including phenoxy) is 3. The summed E-state index contributed by atoms with van der Waals surface area (Å²) < 4.78 is 17.4. The van der Waals surface area contributed by atoms with E-state index in [0.717, 1.165) is 6.42 Å². The van der Waals surface area contributed by atoms with E-state index in [1.54, 1.807) is 49.4 Å². The second kappa shape index (κ2) is 12.3. The lowest BCUT2D eigenvalue weighted by molar-refractivity contribution is -0.132. The van der Waals surface area contributed by atoms with Crippen LogP contribution in [-0.2, 0) is 9.59 Å². The predicted molar refractivity (Wildman–Crippen MR) is 150 cm³/mol. The zero-order valence-corrected chi connectivity index (χ0v) is 23.6. The average Bonchev–Trinajstić information content (AvgIpc) is 3.45. The van der Waals surface area contributed by atoms with E-state index < -0.39 is 17.7 Å². The highest BCUT2D eigenvalue weighted by Gasteiger charge is 2.48. The highest BCUT2D eigenvalue weighted by molar-refractivity contribution is 7.15. The molecule has 1 fully saturated rings. The number of aliphatic hydroxyl groups excluding tert-OH is 1. The lowest BCUT2D eigenvalue weighted by atomic mass is 9.95. The molecule has 1 aliphatic heterocycles. The fourth-order valence-electron chi connectivity index (χ4n) is 4.25. The Morgan fingerprint density at radius 2 is 1.72 bits per heavy atom. The van der Waals surface area contributed by atoms with Gasteiger partial charge in [0.05, 0.1) is 31.4 Å². The number of rotatable bonds is 11. The van der Waals surface area contributed by atoms with Gasteiger partial charge >= 0.3 is 5.91 Å². The first kappa shape index (κ1) is 28.1. The molecule has 1 amide bonds. The summed E-state index contributed by atoms with van der Waals surface area (Å²) in [5.74, 6) is 0.270. The summed E-state index contributed by atoms with van der Waals surface area (Å²) in [4.78, 5) is 28.1. The highest BCUT2D eigenvalue weighted by Crippen LogP contribution is 2.45. The van der Waals surface area contributed by atoms with Gasteiger partial charge in [0.25, 0.3) is 5.78 Å². The molecular formula is C29H33N3O6S. The van der Waals surface area contributed by atoms with Gasteiger partial charge in [0, 0.05) is 5.56 Å². The average molecular weight is 552 g/mol. The van der Waals surface area contributed by atoms with Crippen LogP contribution in [0, 0.1) is 12.8 Å². The van der Waals surface area contributed by atoms with Crippen LogP contribution < -0.4 is 19.1 Å². The number of benzene rings is 2. The van der Waals surface area contributed by atoms with Gasteiger partial charge in [0.1, 0.15) is 16.5 Å². The molecule has 1 N–H and O–H groups in total. The Balaban J connectivity index is 1.83. The summed E-state index contributed by atoms with van der Waals surface area (Å²) in [6.07, 6.45) is 0.881. The Hall–Kier alpha value is -3.92. The molecule has 0 spiro atoms. The SMILES string of the molecule is CCOc1ccc(/C(O)=C2\C(=O)C(=O)N(c3nnc(C)s3)C2c2ccc(OCCC(C)C)c(OCC)c2)cc1. The quantitative estimate of drug-likeness (QED) is 0.184. The summed E-state index contributed by atoms with van der Waals surface area (Å²) in [6.45, 7) is 11.2. The van der Waals surface area contributed by atoms with Crippen LogP contribution in [0.1, 0.15) is 56.3 Å². The largest absolute Gasteiger partial charge is 0.507 e. The number of anilines is 1. The van der Waals surface area contributed by atoms with Crippen LogP contribution in [-0.4, -0.2) is 46.8 Å². The molecule has 1 aromatic heterocycles. The number of nitrogens with zero attached hydrogens (tertiary/aromatic N) is 3. The normalized spacial score (nSPS) is 16.7. The molecule has 206 valence electrons. The molecule has 2 heterocycles. The third kappa shape index (κ3) is 6.06. The van der Waals surface area contributed by atoms with Gasteiger partial charge < -0.3 is 19.3 Å². The summed E-state index contributed by atoms with van der Waals surface area (Å²) in [6, 6.07) is 11.0. The standard InChI is InChI=1S/C29H33N3O6S/c1-6-36-21-11-8-19(9-12-21)26(33)24-25(32(28(35)27(24)34)29-31-30-18(5)39-29)20-10-13-22(23(16-20)37-7-2)38-15-14-17(3)4/h8-13,16-17,25,33H,6-7,14-15H2,1-5H3/b26-24+. The molecule has 0 radical (unpaired) electrons. The van der Waals surface area contributed by atoms with Crippen molar-refractivity contribution < 1.29 is 28.9 Å². The van der Waals surface area contributed by atoms with Gasteiger partial charge in [-0.1, -0.05) is 31.3 Å². The maximum Gasteiger partial charge on any atom is 0.301 e. The molecule has 0 saturated carbocycles. The van der Waals surface area contributed by atoms with Crippen molar-refractivity contribution in [2.75, 3.05) is 24.7 Å². The van der Waals surface area contributed by atoms with E-state index in [1.807, 2.05) is 13.8 Å². The van der Waals surface area contributed by atoms with Gasteiger partial charge in [-0.15, -0.1) is 10.2 Å². The summed E-state index contributed by atoms with van der Waals surface area (Å²) in [5.41, 5.74) is 0.899. The number of aliphatic hydroxyl groups is 1. The van der Waals surface area contributed by atoms with Gasteiger partial charge in [-0.2, -0.15) is 0 Å². The molecule has 9 nitrogen and oxygen atoms in total. The molecule has 10 heteroatoms. The molecular weight excluding hydrogens is 518 g/mol. The van der Waals surface area contributed by atoms with Crippen molar-refractivity contribution in [3.63, 3.8) is 0 Å². The van der Waals surface area contributed by atoms with E-state index in [0.29, 0.717) is 59.1 Å². The minimum Gasteiger partial charge on any atom is -0.507 e. The number of amides is 1. The van der Waals surface area contributed by atoms with Crippen LogP contribution in [0.4, 0.5) is 5.13 Å². The number of Topliss-reactive ketones (excluding diaryl/α,β-unsaturated/α-hetero) is 1. The van der Waals surface area contributed by atoms with Gasteiger partial charge in [0.15, 0.2) is 11.5 Å². The fourth-order valence-corrected chi connectivity index (χ4v) is 4.96. The number of ketones is 1. The predicted octanol–water partition coefficient (Wildman–Crippen LogP) is 5.70. The molecule has 0 aliphatic carbocycles. The zero-order valence-electron chi connectivity index (χ0n) is 22.8. The molecule has 1 saturated heterocycles. The Morgan fingerprint density at radius 1 is 1.00 bits per heavy atom. The van der Waals surface area contributed by atoms with Crippen LogP contribution >= 0.6 is 11.3 Å². The molecule has 2 aromatic carbocycles. The first-order valence-corrected chi connectivity index (χ1v) is 13.8. The number of hydrogen-bond donors (Lipinski definition) is 1. The van der Waals surface area contributed by atoms with Crippen molar-refractivity contribution in [3.05, 3.63) is 64.2 Å². The fraction of sp³-hybridized carbons (Fsp3) is 0.379. The lowest BCUT2D eigenvalue weighted by Gasteiger charge is -2.24. The second-order valence-corrected chi connectivity index (χ2v) is 10.6. The topological polar surface area (TPSA) is 111 Å². The van der Waals surface area contributed by atoms with Gasteiger partial charge in [0.2, 0.25) is 5.13 Å². The van der Waals surface area contributed by atoms with E-state index in [-0.39, 0.29) is 16.5 Å². The summed E-state index contributed by atoms with van der Waals surface area (Å²) in [5, 5.41) is 20.5. The summed E-state index contributed by atoms with van der Waals surface area (Å²) in [7, 11) is 0.